The minimum atomic E-state index is -0.202. The van der Waals surface area contributed by atoms with E-state index < -0.39 is 0 Å². The van der Waals surface area contributed by atoms with Crippen LogP contribution in [0, 0.1) is 6.92 Å². The first-order chi connectivity index (χ1) is 13.0. The van der Waals surface area contributed by atoms with Gasteiger partial charge < -0.3 is 14.5 Å². The number of hydrogen-bond donors (Lipinski definition) is 1. The Kier molecular flexibility index (Phi) is 5.07. The molecule has 1 aromatic heterocycles. The van der Waals surface area contributed by atoms with E-state index in [0.29, 0.717) is 17.6 Å². The van der Waals surface area contributed by atoms with Gasteiger partial charge in [-0.3, -0.25) is 9.79 Å². The minimum absolute atomic E-state index is 0.120. The van der Waals surface area contributed by atoms with E-state index in [9.17, 15) is 4.79 Å². The van der Waals surface area contributed by atoms with Crippen LogP contribution in [-0.2, 0) is 13.0 Å². The van der Waals surface area contributed by atoms with Crippen molar-refractivity contribution in [2.75, 3.05) is 7.11 Å². The number of carbonyl (C=O) groups is 1. The third-order valence-electron chi connectivity index (χ3n) is 5.11. The normalized spacial score (nSPS) is 20.7. The van der Waals surface area contributed by atoms with Crippen molar-refractivity contribution < 1.29 is 13.9 Å². The second-order valence-electron chi connectivity index (χ2n) is 6.82. The number of hydrogen-bond acceptors (Lipinski definition) is 5. The summed E-state index contributed by atoms with van der Waals surface area (Å²) in [6.07, 6.45) is 1.90. The summed E-state index contributed by atoms with van der Waals surface area (Å²) in [4.78, 5) is 17.6. The van der Waals surface area contributed by atoms with E-state index in [-0.39, 0.29) is 11.9 Å². The number of methoxy groups -OCH3 is 1. The highest BCUT2D eigenvalue weighted by molar-refractivity contribution is 9.10. The number of aliphatic imine (C=N–C) groups is 1. The van der Waals surface area contributed by atoms with E-state index in [4.69, 9.17) is 14.1 Å². The molecular formula is C20H21BrN2O3S. The van der Waals surface area contributed by atoms with Gasteiger partial charge in [-0.25, -0.2) is 0 Å². The molecule has 5 nitrogen and oxygen atoms in total. The highest BCUT2D eigenvalue weighted by Gasteiger charge is 2.39. The largest absolute Gasteiger partial charge is 0.496 e. The number of fused-ring (bicyclic) bond motifs is 3. The van der Waals surface area contributed by atoms with Crippen LogP contribution in [0.1, 0.15) is 52.4 Å². The second kappa shape index (κ2) is 7.36. The molecule has 2 aliphatic rings. The van der Waals surface area contributed by atoms with Crippen LogP contribution in [0.5, 0.6) is 5.75 Å². The van der Waals surface area contributed by atoms with Crippen LogP contribution in [0.3, 0.4) is 0 Å². The van der Waals surface area contributed by atoms with Crippen molar-refractivity contribution in [3.8, 4) is 5.75 Å². The first-order valence-corrected chi connectivity index (χ1v) is 10.6. The maximum Gasteiger partial charge on any atom is 0.287 e. The quantitative estimate of drug-likeness (QED) is 0.728. The molecule has 4 rings (SSSR count). The fraction of sp³-hybridized carbons (Fsp3) is 0.400. The Morgan fingerprint density at radius 2 is 2.26 bits per heavy atom. The van der Waals surface area contributed by atoms with Gasteiger partial charge in [-0.15, -0.1) is 11.8 Å². The van der Waals surface area contributed by atoms with Crippen molar-refractivity contribution >= 4 is 38.6 Å². The summed E-state index contributed by atoms with van der Waals surface area (Å²) in [7, 11) is 1.62. The highest BCUT2D eigenvalue weighted by atomic mass is 79.9. The summed E-state index contributed by atoms with van der Waals surface area (Å²) in [6, 6.07) is 5.85. The van der Waals surface area contributed by atoms with E-state index in [1.807, 2.05) is 36.9 Å². The zero-order valence-electron chi connectivity index (χ0n) is 15.5. The summed E-state index contributed by atoms with van der Waals surface area (Å²) in [5.41, 5.74) is 2.93. The molecule has 0 radical (unpaired) electrons. The van der Waals surface area contributed by atoms with Gasteiger partial charge in [0.15, 0.2) is 5.76 Å². The van der Waals surface area contributed by atoms with Crippen LogP contribution < -0.4 is 10.1 Å². The molecule has 1 aliphatic heterocycles. The van der Waals surface area contributed by atoms with Crippen LogP contribution >= 0.6 is 27.7 Å². The number of aryl methyl sites for hydroxylation is 1. The van der Waals surface area contributed by atoms with Gasteiger partial charge in [-0.2, -0.15) is 0 Å². The van der Waals surface area contributed by atoms with E-state index in [1.165, 1.54) is 0 Å². The van der Waals surface area contributed by atoms with Gasteiger partial charge in [0.05, 0.1) is 18.2 Å². The predicted octanol–water partition coefficient (Wildman–Crippen LogP) is 4.81. The third-order valence-corrected chi connectivity index (χ3v) is 6.84. The Labute approximate surface area is 171 Å². The van der Waals surface area contributed by atoms with Gasteiger partial charge in [-0.1, -0.05) is 15.9 Å². The number of nitrogens with one attached hydrogen (secondary N) is 1. The average Bonchev–Trinajstić information content (AvgIpc) is 3.19. The van der Waals surface area contributed by atoms with E-state index in [2.05, 4.69) is 28.2 Å². The number of amides is 1. The molecule has 1 aromatic carbocycles. The Bertz CT molecular complexity index is 938. The fourth-order valence-electron chi connectivity index (χ4n) is 3.85. The highest BCUT2D eigenvalue weighted by Crippen LogP contribution is 2.47. The van der Waals surface area contributed by atoms with Crippen LogP contribution in [0.2, 0.25) is 0 Å². The van der Waals surface area contributed by atoms with Crippen molar-refractivity contribution in [3.05, 3.63) is 50.9 Å². The van der Waals surface area contributed by atoms with E-state index >= 15 is 0 Å². The molecule has 142 valence electrons. The van der Waals surface area contributed by atoms with Crippen molar-refractivity contribution in [2.24, 2.45) is 4.99 Å². The van der Waals surface area contributed by atoms with Crippen molar-refractivity contribution in [3.63, 3.8) is 0 Å². The molecule has 0 fully saturated rings. The molecule has 0 spiro atoms. The lowest BCUT2D eigenvalue weighted by atomic mass is 9.90. The third kappa shape index (κ3) is 3.43. The summed E-state index contributed by atoms with van der Waals surface area (Å²) < 4.78 is 12.3. The maximum absolute atomic E-state index is 12.8. The minimum Gasteiger partial charge on any atom is -0.496 e. The lowest BCUT2D eigenvalue weighted by molar-refractivity contribution is 0.0920. The lowest BCUT2D eigenvalue weighted by Gasteiger charge is -2.22. The number of nitrogens with zero attached hydrogens (tertiary/aromatic N) is 1. The maximum atomic E-state index is 12.8. The molecule has 1 N–H and O–H groups in total. The first-order valence-electron chi connectivity index (χ1n) is 8.91. The fourth-order valence-corrected chi connectivity index (χ4v) is 5.43. The Morgan fingerprint density at radius 1 is 1.44 bits per heavy atom. The summed E-state index contributed by atoms with van der Waals surface area (Å²) in [6.45, 7) is 4.38. The molecule has 1 aliphatic carbocycles. The number of thioether (sulfide) groups is 1. The van der Waals surface area contributed by atoms with Gasteiger partial charge >= 0.3 is 0 Å². The Morgan fingerprint density at radius 3 is 3.04 bits per heavy atom. The number of carbonyl (C=O) groups excluding carboxylic acids is 1. The summed E-state index contributed by atoms with van der Waals surface area (Å²) >= 11 is 5.30. The topological polar surface area (TPSA) is 63.8 Å². The van der Waals surface area contributed by atoms with E-state index in [1.54, 1.807) is 7.11 Å². The van der Waals surface area contributed by atoms with Crippen LogP contribution in [0.25, 0.3) is 0 Å². The van der Waals surface area contributed by atoms with Gasteiger partial charge in [0.2, 0.25) is 0 Å². The smallest absolute Gasteiger partial charge is 0.287 e. The molecule has 0 bridgehead atoms. The molecule has 0 saturated heterocycles. The van der Waals surface area contributed by atoms with Crippen LogP contribution in [0.15, 0.2) is 32.1 Å². The zero-order chi connectivity index (χ0) is 19.1. The molecule has 2 atom stereocenters. The molecular weight excluding hydrogens is 428 g/mol. The number of rotatable bonds is 4. The van der Waals surface area contributed by atoms with Crippen LogP contribution in [-0.4, -0.2) is 23.3 Å². The van der Waals surface area contributed by atoms with Crippen molar-refractivity contribution in [1.29, 1.82) is 0 Å². The molecule has 2 aromatic rings. The van der Waals surface area contributed by atoms with Gasteiger partial charge in [0.1, 0.15) is 11.5 Å². The molecule has 2 heterocycles. The molecule has 7 heteroatoms. The van der Waals surface area contributed by atoms with Gasteiger partial charge in [0.25, 0.3) is 5.91 Å². The monoisotopic (exact) mass is 448 g/mol. The average molecular weight is 449 g/mol. The summed E-state index contributed by atoms with van der Waals surface area (Å²) in [5.74, 6) is 1.86. The summed E-state index contributed by atoms with van der Waals surface area (Å²) in [5, 5.41) is 4.55. The molecule has 2 unspecified atom stereocenters. The Hall–Kier alpha value is -1.73. The molecule has 27 heavy (non-hydrogen) atoms. The zero-order valence-corrected chi connectivity index (χ0v) is 17.9. The standard InChI is InChI=1S/C20H21BrN2O3S/c1-10-17-15(6-7-16-18(17)23-11(2)27-16)26-19(10)20(24)22-9-12-8-13(21)4-5-14(12)25-3/h4-5,8,16,18H,6-7,9H2,1-3H3,(H,22,24). The SMILES string of the molecule is COc1ccc(Br)cc1CNC(=O)c1oc2c(c1C)C1N=C(C)SC1CC2. The number of ether oxygens (including phenoxy) is 1. The predicted molar refractivity (Wildman–Crippen MR) is 111 cm³/mol. The van der Waals surface area contributed by atoms with E-state index in [0.717, 1.165) is 50.6 Å². The van der Waals surface area contributed by atoms with Crippen molar-refractivity contribution in [1.82, 2.24) is 5.32 Å². The first kappa shape index (κ1) is 18.6. The number of halogens is 1. The number of furan rings is 1. The lowest BCUT2D eigenvalue weighted by Crippen LogP contribution is -2.23. The van der Waals surface area contributed by atoms with Gasteiger partial charge in [-0.05, 0) is 38.5 Å². The van der Waals surface area contributed by atoms with Crippen LogP contribution in [0.4, 0.5) is 0 Å². The number of benzene rings is 1. The Balaban J connectivity index is 1.56. The molecule has 1 amide bonds. The van der Waals surface area contributed by atoms with Gasteiger partial charge in [0, 0.05) is 39.4 Å². The second-order valence-corrected chi connectivity index (χ2v) is 9.17. The molecule has 0 saturated carbocycles. The van der Waals surface area contributed by atoms with Crippen molar-refractivity contribution in [2.45, 2.75) is 44.5 Å².